The largest absolute Gasteiger partial charge is 0.494 e. The summed E-state index contributed by atoms with van der Waals surface area (Å²) in [5, 5.41) is 11.9. The van der Waals surface area contributed by atoms with Gasteiger partial charge >= 0.3 is 5.97 Å². The average molecular weight is 387 g/mol. The molecule has 0 saturated heterocycles. The summed E-state index contributed by atoms with van der Waals surface area (Å²) < 4.78 is 16.1. The highest BCUT2D eigenvalue weighted by Crippen LogP contribution is 2.37. The molecule has 0 aliphatic rings. The number of anilines is 1. The Balaban J connectivity index is 2.15. The molecule has 2 N–H and O–H groups in total. The Morgan fingerprint density at radius 1 is 1.00 bits per heavy atom. The van der Waals surface area contributed by atoms with Gasteiger partial charge in [0.25, 0.3) is 5.91 Å². The minimum absolute atomic E-state index is 0.0243. The van der Waals surface area contributed by atoms with Crippen molar-refractivity contribution in [3.05, 3.63) is 47.5 Å². The summed E-state index contributed by atoms with van der Waals surface area (Å²) in [5.41, 5.74) is 0.593. The summed E-state index contributed by atoms with van der Waals surface area (Å²) in [6, 6.07) is 9.41. The zero-order valence-electron chi connectivity index (χ0n) is 16.3. The fourth-order valence-electron chi connectivity index (χ4n) is 2.62. The Kier molecular flexibility index (Phi) is 7.68. The molecule has 0 aliphatic heterocycles. The van der Waals surface area contributed by atoms with Gasteiger partial charge in [0.2, 0.25) is 0 Å². The van der Waals surface area contributed by atoms with Gasteiger partial charge in [-0.05, 0) is 42.8 Å². The van der Waals surface area contributed by atoms with Crippen LogP contribution in [0.25, 0.3) is 0 Å². The monoisotopic (exact) mass is 387 g/mol. The zero-order valence-corrected chi connectivity index (χ0v) is 16.3. The average Bonchev–Trinajstić information content (AvgIpc) is 2.70. The van der Waals surface area contributed by atoms with Crippen LogP contribution in [0.1, 0.15) is 46.9 Å². The summed E-state index contributed by atoms with van der Waals surface area (Å²) in [6.45, 7) is 2.77. The number of benzene rings is 2. The summed E-state index contributed by atoms with van der Waals surface area (Å²) in [7, 11) is 2.81. The minimum atomic E-state index is -1.14. The number of amides is 1. The van der Waals surface area contributed by atoms with E-state index in [4.69, 9.17) is 14.2 Å². The van der Waals surface area contributed by atoms with E-state index in [1.165, 1.54) is 26.4 Å². The summed E-state index contributed by atoms with van der Waals surface area (Å²) in [4.78, 5) is 23.9. The van der Waals surface area contributed by atoms with Gasteiger partial charge in [-0.25, -0.2) is 4.79 Å². The first-order valence-corrected chi connectivity index (χ1v) is 9.03. The normalized spacial score (nSPS) is 10.2. The van der Waals surface area contributed by atoms with Crippen LogP contribution in [-0.2, 0) is 0 Å². The van der Waals surface area contributed by atoms with E-state index in [9.17, 15) is 14.7 Å². The lowest BCUT2D eigenvalue weighted by Crippen LogP contribution is -2.14. The predicted molar refractivity (Wildman–Crippen MR) is 106 cm³/mol. The molecule has 0 aliphatic carbocycles. The lowest BCUT2D eigenvalue weighted by molar-refractivity contribution is 0.0696. The van der Waals surface area contributed by atoms with Crippen LogP contribution in [0.5, 0.6) is 17.2 Å². The topological polar surface area (TPSA) is 94.1 Å². The molecule has 2 aromatic carbocycles. The molecule has 0 bridgehead atoms. The number of carbonyl (C=O) groups is 2. The Morgan fingerprint density at radius 2 is 1.71 bits per heavy atom. The minimum Gasteiger partial charge on any atom is -0.494 e. The second kappa shape index (κ2) is 10.2. The molecule has 0 fully saturated rings. The number of ether oxygens (including phenoxy) is 3. The van der Waals surface area contributed by atoms with Crippen LogP contribution in [-0.4, -0.2) is 37.8 Å². The van der Waals surface area contributed by atoms with Gasteiger partial charge in [0.1, 0.15) is 5.75 Å². The molecule has 2 rings (SSSR count). The van der Waals surface area contributed by atoms with E-state index in [1.807, 2.05) is 0 Å². The first kappa shape index (κ1) is 21.1. The Morgan fingerprint density at radius 3 is 2.29 bits per heavy atom. The van der Waals surface area contributed by atoms with E-state index >= 15 is 0 Å². The molecule has 0 saturated carbocycles. The third kappa shape index (κ3) is 5.39. The van der Waals surface area contributed by atoms with Crippen molar-refractivity contribution in [1.29, 1.82) is 0 Å². The summed E-state index contributed by atoms with van der Waals surface area (Å²) in [6.07, 6.45) is 3.22. The van der Waals surface area contributed by atoms with E-state index in [1.54, 1.807) is 24.3 Å². The molecule has 28 heavy (non-hydrogen) atoms. The van der Waals surface area contributed by atoms with Gasteiger partial charge in [-0.2, -0.15) is 0 Å². The van der Waals surface area contributed by atoms with E-state index < -0.39 is 11.9 Å². The molecule has 0 heterocycles. The molecule has 0 aromatic heterocycles. The van der Waals surface area contributed by atoms with Gasteiger partial charge in [-0.15, -0.1) is 0 Å². The van der Waals surface area contributed by atoms with Crippen molar-refractivity contribution < 1.29 is 28.9 Å². The number of hydrogen-bond donors (Lipinski definition) is 2. The third-order valence-corrected chi connectivity index (χ3v) is 4.11. The van der Waals surface area contributed by atoms with Gasteiger partial charge in [-0.1, -0.05) is 19.8 Å². The second-order valence-electron chi connectivity index (χ2n) is 6.10. The molecule has 0 radical (unpaired) electrons. The van der Waals surface area contributed by atoms with Crippen LogP contribution in [0.15, 0.2) is 36.4 Å². The number of carboxylic acid groups (broad SMARTS) is 1. The van der Waals surface area contributed by atoms with Crippen LogP contribution in [0.3, 0.4) is 0 Å². The maximum atomic E-state index is 12.6. The van der Waals surface area contributed by atoms with Gasteiger partial charge in [0, 0.05) is 5.56 Å². The first-order valence-electron chi connectivity index (χ1n) is 9.03. The maximum absolute atomic E-state index is 12.6. The van der Waals surface area contributed by atoms with Gasteiger partial charge in [0.15, 0.2) is 11.5 Å². The van der Waals surface area contributed by atoms with E-state index in [-0.39, 0.29) is 22.7 Å². The zero-order chi connectivity index (χ0) is 20.5. The number of methoxy groups -OCH3 is 2. The van der Waals surface area contributed by atoms with Crippen molar-refractivity contribution in [3.63, 3.8) is 0 Å². The second-order valence-corrected chi connectivity index (χ2v) is 6.10. The fourth-order valence-corrected chi connectivity index (χ4v) is 2.62. The molecule has 7 nitrogen and oxygen atoms in total. The maximum Gasteiger partial charge on any atom is 0.335 e. The molecule has 2 aromatic rings. The molecule has 0 unspecified atom stereocenters. The van der Waals surface area contributed by atoms with Crippen molar-refractivity contribution in [2.45, 2.75) is 26.2 Å². The standard InChI is InChI=1S/C21H25NO6/c1-4-5-6-11-28-16-9-7-14(8-10-16)20(23)22-17-12-15(21(24)25)13-18(26-2)19(17)27-3/h7-10,12-13H,4-6,11H2,1-3H3,(H,22,23)(H,24,25). The number of aromatic carboxylic acids is 1. The number of hydrogen-bond acceptors (Lipinski definition) is 5. The highest BCUT2D eigenvalue weighted by Gasteiger charge is 2.18. The predicted octanol–water partition coefficient (Wildman–Crippen LogP) is 4.22. The lowest BCUT2D eigenvalue weighted by Gasteiger charge is -2.15. The molecule has 0 atom stereocenters. The van der Waals surface area contributed by atoms with Crippen LogP contribution in [0.2, 0.25) is 0 Å². The van der Waals surface area contributed by atoms with Gasteiger partial charge < -0.3 is 24.6 Å². The third-order valence-electron chi connectivity index (χ3n) is 4.11. The number of unbranched alkanes of at least 4 members (excludes halogenated alkanes) is 2. The SMILES string of the molecule is CCCCCOc1ccc(C(=O)Nc2cc(C(=O)O)cc(OC)c2OC)cc1. The van der Waals surface area contributed by atoms with E-state index in [0.717, 1.165) is 19.3 Å². The van der Waals surface area contributed by atoms with Crippen LogP contribution < -0.4 is 19.5 Å². The Hall–Kier alpha value is -3.22. The van der Waals surface area contributed by atoms with Crippen molar-refractivity contribution >= 4 is 17.6 Å². The summed E-state index contributed by atoms with van der Waals surface area (Å²) in [5.74, 6) is -0.383. The highest BCUT2D eigenvalue weighted by atomic mass is 16.5. The molecular formula is C21H25NO6. The van der Waals surface area contributed by atoms with Gasteiger partial charge in [-0.3, -0.25) is 4.79 Å². The van der Waals surface area contributed by atoms with Gasteiger partial charge in [0.05, 0.1) is 32.1 Å². The molecule has 1 amide bonds. The fraction of sp³-hybridized carbons (Fsp3) is 0.333. The highest BCUT2D eigenvalue weighted by molar-refractivity contribution is 6.06. The molecule has 150 valence electrons. The number of carbonyl (C=O) groups excluding carboxylic acids is 1. The summed E-state index contributed by atoms with van der Waals surface area (Å²) >= 11 is 0. The van der Waals surface area contributed by atoms with E-state index in [2.05, 4.69) is 12.2 Å². The Bertz CT molecular complexity index is 816. The lowest BCUT2D eigenvalue weighted by atomic mass is 10.1. The van der Waals surface area contributed by atoms with Crippen LogP contribution in [0, 0.1) is 0 Å². The smallest absolute Gasteiger partial charge is 0.335 e. The van der Waals surface area contributed by atoms with Crippen molar-refractivity contribution in [2.24, 2.45) is 0 Å². The van der Waals surface area contributed by atoms with Crippen molar-refractivity contribution in [2.75, 3.05) is 26.1 Å². The van der Waals surface area contributed by atoms with Crippen LogP contribution >= 0.6 is 0 Å². The molecule has 7 heteroatoms. The molecular weight excluding hydrogens is 362 g/mol. The number of nitrogens with one attached hydrogen (secondary N) is 1. The Labute approximate surface area is 164 Å². The van der Waals surface area contributed by atoms with Crippen molar-refractivity contribution in [3.8, 4) is 17.2 Å². The van der Waals surface area contributed by atoms with Crippen molar-refractivity contribution in [1.82, 2.24) is 0 Å². The number of rotatable bonds is 10. The quantitative estimate of drug-likeness (QED) is 0.593. The first-order chi connectivity index (χ1) is 13.5. The molecule has 0 spiro atoms. The van der Waals surface area contributed by atoms with Crippen LogP contribution in [0.4, 0.5) is 5.69 Å². The van der Waals surface area contributed by atoms with E-state index in [0.29, 0.717) is 17.9 Å². The number of carboxylic acids is 1.